The minimum Gasteiger partial charge on any atom is -0.478 e. The Morgan fingerprint density at radius 1 is 0.938 bits per heavy atom. The Morgan fingerprint density at radius 2 is 1.56 bits per heavy atom. The minimum absolute atomic E-state index is 0.342. The highest BCUT2D eigenvalue weighted by molar-refractivity contribution is 6.05. The first-order valence-corrected chi connectivity index (χ1v) is 11.5. The molecule has 3 aromatic rings. The summed E-state index contributed by atoms with van der Waals surface area (Å²) >= 11 is 0. The van der Waals surface area contributed by atoms with E-state index in [0.717, 1.165) is 55.1 Å². The van der Waals surface area contributed by atoms with Gasteiger partial charge in [-0.15, -0.1) is 0 Å². The topological polar surface area (TPSA) is 56.7 Å². The average molecular weight is 432 g/mol. The van der Waals surface area contributed by atoms with Crippen molar-refractivity contribution in [3.8, 4) is 11.3 Å². The molecule has 0 saturated carbocycles. The van der Waals surface area contributed by atoms with E-state index in [4.69, 9.17) is 4.98 Å². The van der Waals surface area contributed by atoms with Gasteiger partial charge >= 0.3 is 5.97 Å². The van der Waals surface area contributed by atoms with E-state index in [1.807, 2.05) is 54.6 Å². The number of aromatic carboxylic acids is 1. The van der Waals surface area contributed by atoms with E-state index in [1.54, 1.807) is 0 Å². The summed E-state index contributed by atoms with van der Waals surface area (Å²) in [5, 5.41) is 10.9. The third kappa shape index (κ3) is 5.17. The van der Waals surface area contributed by atoms with Crippen LogP contribution in [0.15, 0.2) is 54.6 Å². The number of carboxylic acids is 1. The van der Waals surface area contributed by atoms with Crippen molar-refractivity contribution in [3.05, 3.63) is 65.7 Å². The number of pyridine rings is 1. The molecule has 4 rings (SSSR count). The van der Waals surface area contributed by atoms with Gasteiger partial charge in [0.1, 0.15) is 0 Å². The summed E-state index contributed by atoms with van der Waals surface area (Å²) in [6.07, 6.45) is 1.18. The third-order valence-electron chi connectivity index (χ3n) is 6.28. The molecule has 32 heavy (non-hydrogen) atoms. The molecule has 0 bridgehead atoms. The first kappa shape index (κ1) is 22.4. The first-order valence-electron chi connectivity index (χ1n) is 11.5. The molecular formula is C27H33N3O2. The van der Waals surface area contributed by atoms with Crippen molar-refractivity contribution >= 4 is 16.9 Å². The second-order valence-corrected chi connectivity index (χ2v) is 9.93. The first-order chi connectivity index (χ1) is 15.3. The number of hydrogen-bond donors (Lipinski definition) is 1. The van der Waals surface area contributed by atoms with Gasteiger partial charge in [-0.2, -0.15) is 0 Å². The molecule has 1 aliphatic heterocycles. The molecule has 0 spiro atoms. The molecule has 0 amide bonds. The molecule has 1 saturated heterocycles. The van der Waals surface area contributed by atoms with Crippen LogP contribution in [0.3, 0.4) is 0 Å². The quantitative estimate of drug-likeness (QED) is 0.585. The lowest BCUT2D eigenvalue weighted by molar-refractivity contribution is 0.0695. The summed E-state index contributed by atoms with van der Waals surface area (Å²) in [7, 11) is 0. The second-order valence-electron chi connectivity index (χ2n) is 9.93. The van der Waals surface area contributed by atoms with E-state index in [-0.39, 0.29) is 0 Å². The maximum Gasteiger partial charge on any atom is 0.336 e. The van der Waals surface area contributed by atoms with Gasteiger partial charge in [-0.3, -0.25) is 4.90 Å². The summed E-state index contributed by atoms with van der Waals surface area (Å²) in [6, 6.07) is 17.5. The summed E-state index contributed by atoms with van der Waals surface area (Å²) in [5.41, 5.74) is 3.99. The van der Waals surface area contributed by atoms with Crippen LogP contribution in [0.5, 0.6) is 0 Å². The Bertz CT molecular complexity index is 1080. The number of fused-ring (bicyclic) bond motifs is 1. The van der Waals surface area contributed by atoms with Gasteiger partial charge in [0, 0.05) is 49.2 Å². The molecule has 0 radical (unpaired) electrons. The summed E-state index contributed by atoms with van der Waals surface area (Å²) < 4.78 is 0. The van der Waals surface area contributed by atoms with Gasteiger partial charge in [0.25, 0.3) is 0 Å². The van der Waals surface area contributed by atoms with Gasteiger partial charge < -0.3 is 10.0 Å². The molecule has 2 aromatic carbocycles. The molecular weight excluding hydrogens is 398 g/mol. The fourth-order valence-corrected chi connectivity index (χ4v) is 4.37. The number of rotatable bonds is 6. The monoisotopic (exact) mass is 431 g/mol. The van der Waals surface area contributed by atoms with Crippen LogP contribution in [0.4, 0.5) is 0 Å². The number of carbonyl (C=O) groups is 1. The molecule has 0 unspecified atom stereocenters. The van der Waals surface area contributed by atoms with Crippen molar-refractivity contribution in [1.82, 2.24) is 14.8 Å². The summed E-state index contributed by atoms with van der Waals surface area (Å²) in [6.45, 7) is 12.5. The van der Waals surface area contributed by atoms with Crippen LogP contribution >= 0.6 is 0 Å². The number of hydrogen-bond acceptors (Lipinski definition) is 4. The van der Waals surface area contributed by atoms with E-state index in [9.17, 15) is 9.90 Å². The fourth-order valence-electron chi connectivity index (χ4n) is 4.37. The van der Waals surface area contributed by atoms with E-state index in [0.29, 0.717) is 22.9 Å². The Morgan fingerprint density at radius 3 is 2.22 bits per heavy atom. The maximum atomic E-state index is 12.4. The summed E-state index contributed by atoms with van der Waals surface area (Å²) in [5.74, 6) is -0.889. The lowest BCUT2D eigenvalue weighted by atomic mass is 9.92. The molecule has 2 heterocycles. The van der Waals surface area contributed by atoms with Crippen LogP contribution < -0.4 is 0 Å². The lowest BCUT2D eigenvalue weighted by Gasteiger charge is -2.36. The SMILES string of the molecule is CC(C)(C)CCN1CCN(Cc2c(-c3ccccc3)nc3ccccc3c2C(=O)O)CC1. The number of benzene rings is 2. The minimum atomic E-state index is -0.889. The number of carboxylic acid groups (broad SMARTS) is 1. The summed E-state index contributed by atoms with van der Waals surface area (Å²) in [4.78, 5) is 22.3. The van der Waals surface area contributed by atoms with Crippen LogP contribution in [0.1, 0.15) is 43.1 Å². The predicted octanol–water partition coefficient (Wildman–Crippen LogP) is 5.15. The Balaban J connectivity index is 1.65. The largest absolute Gasteiger partial charge is 0.478 e. The van der Waals surface area contributed by atoms with E-state index >= 15 is 0 Å². The Kier molecular flexibility index (Phi) is 6.58. The predicted molar refractivity (Wildman–Crippen MR) is 130 cm³/mol. The van der Waals surface area contributed by atoms with Crippen LogP contribution in [-0.2, 0) is 6.54 Å². The number of para-hydroxylation sites is 1. The zero-order valence-electron chi connectivity index (χ0n) is 19.3. The molecule has 1 fully saturated rings. The molecule has 1 aliphatic rings. The van der Waals surface area contributed by atoms with Crippen LogP contribution in [0.25, 0.3) is 22.2 Å². The van der Waals surface area contributed by atoms with Gasteiger partial charge in [-0.1, -0.05) is 69.3 Å². The average Bonchev–Trinajstić information content (AvgIpc) is 2.78. The standard InChI is InChI=1S/C27H33N3O2/c1-27(2,3)13-14-29-15-17-30(18-16-29)19-22-24(26(31)32)21-11-7-8-12-23(21)28-25(22)20-9-5-4-6-10-20/h4-12H,13-19H2,1-3H3,(H,31,32). The van der Waals surface area contributed by atoms with Crippen LogP contribution in [-0.4, -0.2) is 58.6 Å². The van der Waals surface area contributed by atoms with E-state index in [2.05, 4.69) is 30.6 Å². The molecule has 1 N–H and O–H groups in total. The lowest BCUT2D eigenvalue weighted by Crippen LogP contribution is -2.46. The number of aromatic nitrogens is 1. The van der Waals surface area contributed by atoms with Crippen molar-refractivity contribution < 1.29 is 9.90 Å². The van der Waals surface area contributed by atoms with Gasteiger partial charge in [0.05, 0.1) is 16.8 Å². The van der Waals surface area contributed by atoms with E-state index < -0.39 is 5.97 Å². The van der Waals surface area contributed by atoms with Gasteiger partial charge in [-0.05, 0) is 24.4 Å². The van der Waals surface area contributed by atoms with E-state index in [1.165, 1.54) is 6.42 Å². The highest BCUT2D eigenvalue weighted by Crippen LogP contribution is 2.31. The highest BCUT2D eigenvalue weighted by atomic mass is 16.4. The smallest absolute Gasteiger partial charge is 0.336 e. The molecule has 0 aliphatic carbocycles. The molecule has 1 aromatic heterocycles. The van der Waals surface area contributed by atoms with Crippen molar-refractivity contribution in [2.45, 2.75) is 33.7 Å². The van der Waals surface area contributed by atoms with Crippen molar-refractivity contribution in [2.24, 2.45) is 5.41 Å². The van der Waals surface area contributed by atoms with Gasteiger partial charge in [0.15, 0.2) is 0 Å². The fraction of sp³-hybridized carbons (Fsp3) is 0.407. The van der Waals surface area contributed by atoms with Crippen molar-refractivity contribution in [3.63, 3.8) is 0 Å². The zero-order chi connectivity index (χ0) is 22.7. The number of piperazine rings is 1. The highest BCUT2D eigenvalue weighted by Gasteiger charge is 2.25. The van der Waals surface area contributed by atoms with Gasteiger partial charge in [0.2, 0.25) is 0 Å². The Labute approximate surface area is 190 Å². The third-order valence-corrected chi connectivity index (χ3v) is 6.28. The van der Waals surface area contributed by atoms with Crippen LogP contribution in [0.2, 0.25) is 0 Å². The maximum absolute atomic E-state index is 12.4. The Hall–Kier alpha value is -2.76. The second kappa shape index (κ2) is 9.39. The number of nitrogens with zero attached hydrogens (tertiary/aromatic N) is 3. The normalized spacial score (nSPS) is 15.8. The molecule has 5 heteroatoms. The van der Waals surface area contributed by atoms with Crippen molar-refractivity contribution in [1.29, 1.82) is 0 Å². The zero-order valence-corrected chi connectivity index (χ0v) is 19.3. The van der Waals surface area contributed by atoms with Crippen molar-refractivity contribution in [2.75, 3.05) is 32.7 Å². The molecule has 5 nitrogen and oxygen atoms in total. The molecule has 0 atom stereocenters. The van der Waals surface area contributed by atoms with Crippen LogP contribution in [0, 0.1) is 5.41 Å². The van der Waals surface area contributed by atoms with Gasteiger partial charge in [-0.25, -0.2) is 9.78 Å². The molecule has 168 valence electrons.